The van der Waals surface area contributed by atoms with Gasteiger partial charge in [-0.05, 0) is 25.1 Å². The average molecular weight is 446 g/mol. The lowest BCUT2D eigenvalue weighted by Crippen LogP contribution is -2.33. The van der Waals surface area contributed by atoms with Crippen molar-refractivity contribution < 1.29 is 18.0 Å². The van der Waals surface area contributed by atoms with E-state index >= 15 is 0 Å². The number of benzene rings is 1. The molecule has 2 heterocycles. The number of rotatable bonds is 4. The van der Waals surface area contributed by atoms with Gasteiger partial charge in [0.05, 0.1) is 27.3 Å². The van der Waals surface area contributed by atoms with E-state index in [1.807, 2.05) is 0 Å². The number of amides is 2. The molecule has 3 rings (SSSR count). The number of hydrogen-bond acceptors (Lipinski definition) is 5. The third-order valence-corrected chi connectivity index (χ3v) is 4.29. The second kappa shape index (κ2) is 8.21. The fraction of sp³-hybridized carbons (Fsp3) is 0.188. The molecule has 0 fully saturated rings. The van der Waals surface area contributed by atoms with Crippen molar-refractivity contribution in [2.75, 3.05) is 5.32 Å². The van der Waals surface area contributed by atoms with Crippen molar-refractivity contribution >= 4 is 34.9 Å². The van der Waals surface area contributed by atoms with Crippen molar-refractivity contribution in [1.82, 2.24) is 30.0 Å². The lowest BCUT2D eigenvalue weighted by atomic mass is 10.2. The van der Waals surface area contributed by atoms with Crippen LogP contribution in [0.25, 0.3) is 5.95 Å². The molecule has 3 aromatic rings. The predicted molar refractivity (Wildman–Crippen MR) is 99.0 cm³/mol. The van der Waals surface area contributed by atoms with Gasteiger partial charge in [0, 0.05) is 12.4 Å². The Bertz CT molecular complexity index is 1030. The first kappa shape index (κ1) is 20.8. The maximum atomic E-state index is 13.0. The molecule has 0 saturated heterocycles. The summed E-state index contributed by atoms with van der Waals surface area (Å²) in [4.78, 5) is 24.4. The predicted octanol–water partition coefficient (Wildman–Crippen LogP) is 4.27. The molecule has 1 atom stereocenters. The van der Waals surface area contributed by atoms with Gasteiger partial charge in [0.1, 0.15) is 6.33 Å². The summed E-state index contributed by atoms with van der Waals surface area (Å²) in [6.45, 7) is 1.60. The molecule has 29 heavy (non-hydrogen) atoms. The number of nitrogens with one attached hydrogen (secondary N) is 2. The Balaban J connectivity index is 1.77. The molecule has 0 aliphatic carbocycles. The highest BCUT2D eigenvalue weighted by Gasteiger charge is 2.34. The standard InChI is InChI=1S/C16H12Cl2F3N7O/c1-8(13-24-7-25-28(13)14-22-3-2-4-23-14)26-15(29)27-12-5-9(16(19,20)21)10(17)6-11(12)18/h2-8H,1H3,(H2,26,27,29). The van der Waals surface area contributed by atoms with Crippen LogP contribution in [-0.4, -0.2) is 30.8 Å². The monoisotopic (exact) mass is 445 g/mol. The van der Waals surface area contributed by atoms with Gasteiger partial charge in [-0.25, -0.2) is 19.7 Å². The van der Waals surface area contributed by atoms with E-state index < -0.39 is 28.8 Å². The van der Waals surface area contributed by atoms with Crippen molar-refractivity contribution in [2.45, 2.75) is 19.1 Å². The molecule has 0 aliphatic rings. The normalized spacial score (nSPS) is 12.5. The van der Waals surface area contributed by atoms with Gasteiger partial charge >= 0.3 is 12.2 Å². The quantitative estimate of drug-likeness (QED) is 0.624. The molecular weight excluding hydrogens is 434 g/mol. The van der Waals surface area contributed by atoms with Gasteiger partial charge in [0.25, 0.3) is 5.95 Å². The topological polar surface area (TPSA) is 97.6 Å². The van der Waals surface area contributed by atoms with E-state index in [0.29, 0.717) is 11.9 Å². The van der Waals surface area contributed by atoms with E-state index in [-0.39, 0.29) is 16.7 Å². The van der Waals surface area contributed by atoms with Crippen LogP contribution in [0.5, 0.6) is 0 Å². The third-order valence-electron chi connectivity index (χ3n) is 3.66. The van der Waals surface area contributed by atoms with Crippen molar-refractivity contribution in [3.05, 3.63) is 58.4 Å². The second-order valence-electron chi connectivity index (χ2n) is 5.71. The molecule has 1 unspecified atom stereocenters. The summed E-state index contributed by atoms with van der Waals surface area (Å²) in [7, 11) is 0. The first-order valence-electron chi connectivity index (χ1n) is 7.98. The number of carbonyl (C=O) groups is 1. The molecule has 2 aromatic heterocycles. The number of urea groups is 1. The molecule has 0 radical (unpaired) electrons. The lowest BCUT2D eigenvalue weighted by molar-refractivity contribution is -0.137. The fourth-order valence-corrected chi connectivity index (χ4v) is 2.92. The minimum atomic E-state index is -4.70. The first-order chi connectivity index (χ1) is 13.7. The third kappa shape index (κ3) is 4.74. The van der Waals surface area contributed by atoms with Crippen LogP contribution in [0.4, 0.5) is 23.7 Å². The zero-order valence-electron chi connectivity index (χ0n) is 14.6. The van der Waals surface area contributed by atoms with Crippen LogP contribution in [0.1, 0.15) is 24.4 Å². The van der Waals surface area contributed by atoms with Crippen molar-refractivity contribution in [1.29, 1.82) is 0 Å². The van der Waals surface area contributed by atoms with Crippen molar-refractivity contribution in [2.24, 2.45) is 0 Å². The molecule has 2 amide bonds. The van der Waals surface area contributed by atoms with E-state index in [4.69, 9.17) is 23.2 Å². The van der Waals surface area contributed by atoms with Crippen LogP contribution in [-0.2, 0) is 6.18 Å². The number of carbonyl (C=O) groups excluding carboxylic acids is 1. The lowest BCUT2D eigenvalue weighted by Gasteiger charge is -2.16. The minimum absolute atomic E-state index is 0.147. The van der Waals surface area contributed by atoms with Gasteiger partial charge < -0.3 is 10.6 Å². The summed E-state index contributed by atoms with van der Waals surface area (Å²) in [5.41, 5.74) is -1.37. The van der Waals surface area contributed by atoms with Gasteiger partial charge in [-0.2, -0.15) is 23.0 Å². The first-order valence-corrected chi connectivity index (χ1v) is 8.73. The molecule has 0 bridgehead atoms. The van der Waals surface area contributed by atoms with Crippen LogP contribution in [0.15, 0.2) is 36.9 Å². The molecule has 8 nitrogen and oxygen atoms in total. The highest BCUT2D eigenvalue weighted by Crippen LogP contribution is 2.39. The molecule has 0 saturated carbocycles. The van der Waals surface area contributed by atoms with E-state index in [1.54, 1.807) is 13.0 Å². The van der Waals surface area contributed by atoms with Gasteiger partial charge in [0.2, 0.25) is 0 Å². The molecule has 0 aliphatic heterocycles. The average Bonchev–Trinajstić information content (AvgIpc) is 3.13. The molecule has 13 heteroatoms. The molecule has 152 valence electrons. The Morgan fingerprint density at radius 3 is 2.48 bits per heavy atom. The van der Waals surface area contributed by atoms with Gasteiger partial charge in [-0.3, -0.25) is 0 Å². The SMILES string of the molecule is CC(NC(=O)Nc1cc(C(F)(F)F)c(Cl)cc1Cl)c1ncnn1-c1ncccn1. The number of alkyl halides is 3. The summed E-state index contributed by atoms with van der Waals surface area (Å²) < 4.78 is 40.4. The Morgan fingerprint density at radius 1 is 1.14 bits per heavy atom. The fourth-order valence-electron chi connectivity index (χ4n) is 2.38. The van der Waals surface area contributed by atoms with Crippen molar-refractivity contribution in [3.63, 3.8) is 0 Å². The van der Waals surface area contributed by atoms with Crippen molar-refractivity contribution in [3.8, 4) is 5.95 Å². The number of hydrogen-bond donors (Lipinski definition) is 2. The number of anilines is 1. The van der Waals surface area contributed by atoms with E-state index in [1.165, 1.54) is 23.4 Å². The number of nitrogens with zero attached hydrogens (tertiary/aromatic N) is 5. The summed E-state index contributed by atoms with van der Waals surface area (Å²) in [5.74, 6) is 0.550. The summed E-state index contributed by atoms with van der Waals surface area (Å²) >= 11 is 11.5. The van der Waals surface area contributed by atoms with E-state index in [9.17, 15) is 18.0 Å². The van der Waals surface area contributed by atoms with E-state index in [2.05, 4.69) is 30.7 Å². The number of aromatic nitrogens is 5. The molecule has 0 spiro atoms. The second-order valence-corrected chi connectivity index (χ2v) is 6.52. The minimum Gasteiger partial charge on any atom is -0.328 e. The van der Waals surface area contributed by atoms with Crippen LogP contribution in [0.3, 0.4) is 0 Å². The van der Waals surface area contributed by atoms with Gasteiger partial charge in [0.15, 0.2) is 5.82 Å². The number of halogens is 5. The Kier molecular flexibility index (Phi) is 5.89. The van der Waals surface area contributed by atoms with Crippen LogP contribution in [0.2, 0.25) is 10.0 Å². The van der Waals surface area contributed by atoms with Crippen LogP contribution < -0.4 is 10.6 Å². The summed E-state index contributed by atoms with van der Waals surface area (Å²) in [6, 6.07) is 1.71. The molecule has 2 N–H and O–H groups in total. The zero-order valence-corrected chi connectivity index (χ0v) is 16.1. The van der Waals surface area contributed by atoms with Gasteiger partial charge in [-0.1, -0.05) is 23.2 Å². The summed E-state index contributed by atoms with van der Waals surface area (Å²) in [5, 5.41) is 8.10. The van der Waals surface area contributed by atoms with Gasteiger partial charge in [-0.15, -0.1) is 0 Å². The highest BCUT2D eigenvalue weighted by atomic mass is 35.5. The van der Waals surface area contributed by atoms with Crippen LogP contribution >= 0.6 is 23.2 Å². The van der Waals surface area contributed by atoms with E-state index in [0.717, 1.165) is 6.07 Å². The van der Waals surface area contributed by atoms with Crippen LogP contribution in [0, 0.1) is 0 Å². The summed E-state index contributed by atoms with van der Waals surface area (Å²) in [6.07, 6.45) is -0.417. The Morgan fingerprint density at radius 2 is 1.83 bits per heavy atom. The maximum Gasteiger partial charge on any atom is 0.417 e. The Labute approximate surface area is 172 Å². The molecule has 1 aromatic carbocycles. The highest BCUT2D eigenvalue weighted by molar-refractivity contribution is 6.37. The largest absolute Gasteiger partial charge is 0.417 e. The smallest absolute Gasteiger partial charge is 0.328 e. The molecular formula is C16H12Cl2F3N7O. The maximum absolute atomic E-state index is 13.0. The zero-order chi connectivity index (χ0) is 21.2. The Hall–Kier alpha value is -2.92.